The van der Waals surface area contributed by atoms with Gasteiger partial charge in [-0.2, -0.15) is 5.26 Å². The molecule has 24 heavy (non-hydrogen) atoms. The number of carbonyl (C=O) groups excluding carboxylic acids is 1. The minimum absolute atomic E-state index is 0.106. The maximum absolute atomic E-state index is 12.7. The number of fused-ring (bicyclic) bond motifs is 1. The van der Waals surface area contributed by atoms with Crippen LogP contribution in [0, 0.1) is 30.1 Å². The van der Waals surface area contributed by atoms with Gasteiger partial charge in [-0.15, -0.1) is 0 Å². The smallest absolute Gasteiger partial charge is 0.255 e. The molecular formula is C16H20N4O3S. The number of hydrogen-bond acceptors (Lipinski definition) is 6. The highest BCUT2D eigenvalue weighted by Gasteiger charge is 2.49. The third kappa shape index (κ3) is 2.90. The van der Waals surface area contributed by atoms with Crippen molar-refractivity contribution in [1.82, 2.24) is 15.3 Å². The average Bonchev–Trinajstić information content (AvgIpc) is 2.87. The highest BCUT2D eigenvalue weighted by molar-refractivity contribution is 7.91. The second-order valence-electron chi connectivity index (χ2n) is 6.47. The van der Waals surface area contributed by atoms with Crippen LogP contribution < -0.4 is 5.43 Å². The van der Waals surface area contributed by atoms with Gasteiger partial charge in [-0.25, -0.2) is 13.8 Å². The first-order chi connectivity index (χ1) is 11.3. The van der Waals surface area contributed by atoms with Gasteiger partial charge in [-0.1, -0.05) is 17.7 Å². The molecule has 1 aromatic rings. The number of likely N-dealkylation sites (tertiary alicyclic amines) is 1. The van der Waals surface area contributed by atoms with E-state index in [9.17, 15) is 18.5 Å². The van der Waals surface area contributed by atoms with Crippen molar-refractivity contribution < 1.29 is 13.2 Å². The topological polar surface area (TPSA) is 93.5 Å². The predicted octanol–water partition coefficient (Wildman–Crippen LogP) is 0.143. The van der Waals surface area contributed by atoms with Crippen LogP contribution in [0.4, 0.5) is 0 Å². The zero-order chi connectivity index (χ0) is 17.5. The van der Waals surface area contributed by atoms with E-state index >= 15 is 0 Å². The number of nitrogens with zero attached hydrogens (tertiary/aromatic N) is 3. The molecule has 0 bridgehead atoms. The van der Waals surface area contributed by atoms with E-state index < -0.39 is 21.8 Å². The Hall–Kier alpha value is -1.95. The first kappa shape index (κ1) is 16.9. The molecule has 0 aliphatic carbocycles. The summed E-state index contributed by atoms with van der Waals surface area (Å²) in [5, 5.41) is 10.4. The number of hydrazine groups is 1. The summed E-state index contributed by atoms with van der Waals surface area (Å²) in [5.74, 6) is -1.02. The SMILES string of the molecule is Cc1ccc(S(=O)(=O)CN2NCC3C(C#N)CN(C)C3C2=O)cc1. The summed E-state index contributed by atoms with van der Waals surface area (Å²) >= 11 is 0. The molecule has 0 spiro atoms. The van der Waals surface area contributed by atoms with Gasteiger partial charge in [0.15, 0.2) is 9.84 Å². The molecule has 3 rings (SSSR count). The molecule has 2 aliphatic rings. The zero-order valence-corrected chi connectivity index (χ0v) is 14.5. The molecule has 128 valence electrons. The molecule has 8 heteroatoms. The Morgan fingerprint density at radius 3 is 2.62 bits per heavy atom. The summed E-state index contributed by atoms with van der Waals surface area (Å²) in [6.45, 7) is 2.83. The van der Waals surface area contributed by atoms with Crippen LogP contribution >= 0.6 is 0 Å². The number of sulfone groups is 1. The number of benzene rings is 1. The number of hydrogen-bond donors (Lipinski definition) is 1. The van der Waals surface area contributed by atoms with Crippen LogP contribution in [0.25, 0.3) is 0 Å². The Labute approximate surface area is 141 Å². The van der Waals surface area contributed by atoms with Gasteiger partial charge in [-0.3, -0.25) is 14.7 Å². The van der Waals surface area contributed by atoms with E-state index in [0.717, 1.165) is 5.56 Å². The third-order valence-corrected chi connectivity index (χ3v) is 6.35. The van der Waals surface area contributed by atoms with Gasteiger partial charge in [0.1, 0.15) is 5.88 Å². The molecule has 2 saturated heterocycles. The van der Waals surface area contributed by atoms with E-state index in [1.807, 2.05) is 11.8 Å². The minimum Gasteiger partial charge on any atom is -0.293 e. The Balaban J connectivity index is 1.78. The van der Waals surface area contributed by atoms with Crippen molar-refractivity contribution >= 4 is 15.7 Å². The van der Waals surface area contributed by atoms with Crippen molar-refractivity contribution in [2.75, 3.05) is 26.0 Å². The molecule has 3 unspecified atom stereocenters. The fourth-order valence-corrected chi connectivity index (χ4v) is 4.68. The van der Waals surface area contributed by atoms with Gasteiger partial charge >= 0.3 is 0 Å². The van der Waals surface area contributed by atoms with Gasteiger partial charge in [0.25, 0.3) is 5.91 Å². The molecule has 1 aromatic carbocycles. The number of nitriles is 1. The van der Waals surface area contributed by atoms with Crippen LogP contribution in [-0.4, -0.2) is 56.3 Å². The molecule has 0 aromatic heterocycles. The predicted molar refractivity (Wildman–Crippen MR) is 87.1 cm³/mol. The second kappa shape index (κ2) is 6.16. The number of amides is 1. The molecule has 2 heterocycles. The Morgan fingerprint density at radius 1 is 1.33 bits per heavy atom. The van der Waals surface area contributed by atoms with E-state index in [0.29, 0.717) is 13.1 Å². The molecule has 1 amide bonds. The Bertz CT molecular complexity index is 785. The van der Waals surface area contributed by atoms with Crippen LogP contribution in [0.15, 0.2) is 29.2 Å². The molecule has 2 fully saturated rings. The van der Waals surface area contributed by atoms with Gasteiger partial charge in [0, 0.05) is 19.0 Å². The van der Waals surface area contributed by atoms with Crippen molar-refractivity contribution in [3.63, 3.8) is 0 Å². The second-order valence-corrected chi connectivity index (χ2v) is 8.43. The van der Waals surface area contributed by atoms with Crippen molar-refractivity contribution in [3.8, 4) is 6.07 Å². The number of likely N-dealkylation sites (N-methyl/N-ethyl adjacent to an activating group) is 1. The summed E-state index contributed by atoms with van der Waals surface area (Å²) in [7, 11) is -1.82. The molecule has 2 aliphatic heterocycles. The van der Waals surface area contributed by atoms with Crippen LogP contribution in [-0.2, 0) is 14.6 Å². The lowest BCUT2D eigenvalue weighted by Crippen LogP contribution is -2.61. The summed E-state index contributed by atoms with van der Waals surface area (Å²) in [5.41, 5.74) is 3.86. The van der Waals surface area contributed by atoms with E-state index in [-0.39, 0.29) is 22.6 Å². The lowest BCUT2D eigenvalue weighted by Gasteiger charge is -2.37. The van der Waals surface area contributed by atoms with Crippen LogP contribution in [0.3, 0.4) is 0 Å². The highest BCUT2D eigenvalue weighted by atomic mass is 32.2. The first-order valence-corrected chi connectivity index (χ1v) is 9.43. The minimum atomic E-state index is -3.62. The van der Waals surface area contributed by atoms with E-state index in [2.05, 4.69) is 11.5 Å². The lowest BCUT2D eigenvalue weighted by molar-refractivity contribution is -0.143. The van der Waals surface area contributed by atoms with Crippen molar-refractivity contribution in [2.24, 2.45) is 11.8 Å². The number of rotatable bonds is 3. The van der Waals surface area contributed by atoms with Crippen LogP contribution in [0.2, 0.25) is 0 Å². The Kier molecular flexibility index (Phi) is 4.34. The number of nitrogens with one attached hydrogen (secondary N) is 1. The molecule has 3 atom stereocenters. The summed E-state index contributed by atoms with van der Waals surface area (Å²) in [6, 6.07) is 8.36. The van der Waals surface area contributed by atoms with Gasteiger partial charge < -0.3 is 0 Å². The zero-order valence-electron chi connectivity index (χ0n) is 13.6. The maximum atomic E-state index is 12.7. The molecule has 1 N–H and O–H groups in total. The standard InChI is InChI=1S/C16H20N4O3S/c1-11-3-5-13(6-4-11)24(22,23)10-20-16(21)15-14(8-18-20)12(7-17)9-19(15)2/h3-6,12,14-15,18H,8-10H2,1-2H3. The van der Waals surface area contributed by atoms with Crippen LogP contribution in [0.5, 0.6) is 0 Å². The fourth-order valence-electron chi connectivity index (χ4n) is 3.42. The largest absolute Gasteiger partial charge is 0.293 e. The number of aryl methyl sites for hydroxylation is 1. The third-order valence-electron chi connectivity index (χ3n) is 4.76. The normalized spacial score (nSPS) is 27.8. The van der Waals surface area contributed by atoms with E-state index in [1.165, 1.54) is 5.01 Å². The maximum Gasteiger partial charge on any atom is 0.255 e. The van der Waals surface area contributed by atoms with E-state index in [4.69, 9.17) is 0 Å². The Morgan fingerprint density at radius 2 is 2.00 bits per heavy atom. The van der Waals surface area contributed by atoms with E-state index in [1.54, 1.807) is 31.3 Å². The quantitative estimate of drug-likeness (QED) is 0.835. The van der Waals surface area contributed by atoms with Gasteiger partial charge in [0.05, 0.1) is 22.9 Å². The fraction of sp³-hybridized carbons (Fsp3) is 0.500. The van der Waals surface area contributed by atoms with Gasteiger partial charge in [0.2, 0.25) is 0 Å². The molecular weight excluding hydrogens is 328 g/mol. The molecule has 7 nitrogen and oxygen atoms in total. The lowest BCUT2D eigenvalue weighted by atomic mass is 9.90. The average molecular weight is 348 g/mol. The summed E-state index contributed by atoms with van der Waals surface area (Å²) < 4.78 is 25.1. The van der Waals surface area contributed by atoms with Crippen molar-refractivity contribution in [3.05, 3.63) is 29.8 Å². The molecule has 0 saturated carbocycles. The molecule has 0 radical (unpaired) electrons. The summed E-state index contributed by atoms with van der Waals surface area (Å²) in [6.07, 6.45) is 0. The van der Waals surface area contributed by atoms with Crippen molar-refractivity contribution in [1.29, 1.82) is 5.26 Å². The first-order valence-electron chi connectivity index (χ1n) is 7.77. The van der Waals surface area contributed by atoms with Crippen LogP contribution in [0.1, 0.15) is 5.56 Å². The van der Waals surface area contributed by atoms with Crippen molar-refractivity contribution in [2.45, 2.75) is 17.9 Å². The monoisotopic (exact) mass is 348 g/mol. The summed E-state index contributed by atoms with van der Waals surface area (Å²) in [4.78, 5) is 14.7. The highest BCUT2D eigenvalue weighted by Crippen LogP contribution is 2.31. The van der Waals surface area contributed by atoms with Gasteiger partial charge in [-0.05, 0) is 26.1 Å². The number of carbonyl (C=O) groups is 1.